The summed E-state index contributed by atoms with van der Waals surface area (Å²) >= 11 is 0. The van der Waals surface area contributed by atoms with Gasteiger partial charge in [0.25, 0.3) is 0 Å². The Hall–Kier alpha value is -1.74. The number of carbonyl (C=O) groups is 1. The highest BCUT2D eigenvalue weighted by Crippen LogP contribution is 2.37. The van der Waals surface area contributed by atoms with Crippen LogP contribution < -0.4 is 5.32 Å². The molecule has 0 aliphatic carbocycles. The van der Waals surface area contributed by atoms with Crippen molar-refractivity contribution in [3.63, 3.8) is 0 Å². The van der Waals surface area contributed by atoms with Gasteiger partial charge in [-0.2, -0.15) is 0 Å². The summed E-state index contributed by atoms with van der Waals surface area (Å²) in [4.78, 5) is 17.4. The molecule has 1 fully saturated rings. The van der Waals surface area contributed by atoms with Crippen LogP contribution in [0, 0.1) is 11.3 Å². The molecule has 20 heavy (non-hydrogen) atoms. The van der Waals surface area contributed by atoms with Crippen LogP contribution in [0.2, 0.25) is 0 Å². The molecular weight excluding hydrogens is 248 g/mol. The molecule has 0 radical (unpaired) electrons. The van der Waals surface area contributed by atoms with Crippen molar-refractivity contribution >= 4 is 16.7 Å². The van der Waals surface area contributed by atoms with Crippen molar-refractivity contribution in [1.29, 1.82) is 0 Å². The minimum Gasteiger partial charge on any atom is -0.316 e. The lowest BCUT2D eigenvalue weighted by molar-refractivity contribution is 0.0740. The average Bonchev–Trinajstić information content (AvgIpc) is 2.97. The van der Waals surface area contributed by atoms with E-state index in [1.807, 2.05) is 30.3 Å². The Morgan fingerprint density at radius 1 is 1.35 bits per heavy atom. The first-order valence-electron chi connectivity index (χ1n) is 7.24. The number of benzene rings is 1. The van der Waals surface area contributed by atoms with Crippen LogP contribution in [0.1, 0.15) is 30.6 Å². The summed E-state index contributed by atoms with van der Waals surface area (Å²) in [6, 6.07) is 9.90. The van der Waals surface area contributed by atoms with Gasteiger partial charge in [-0.15, -0.1) is 0 Å². The first-order chi connectivity index (χ1) is 9.63. The molecule has 1 atom stereocenters. The second-order valence-corrected chi connectivity index (χ2v) is 5.98. The highest BCUT2D eigenvalue weighted by Gasteiger charge is 2.44. The Labute approximate surface area is 119 Å². The summed E-state index contributed by atoms with van der Waals surface area (Å²) < 4.78 is 0. The number of rotatable bonds is 3. The minimum absolute atomic E-state index is 0.232. The van der Waals surface area contributed by atoms with Crippen LogP contribution >= 0.6 is 0 Å². The van der Waals surface area contributed by atoms with Crippen molar-refractivity contribution in [3.8, 4) is 0 Å². The normalized spacial score (nSPS) is 22.6. The van der Waals surface area contributed by atoms with Gasteiger partial charge in [0.1, 0.15) is 0 Å². The molecule has 0 amide bonds. The second kappa shape index (κ2) is 4.98. The van der Waals surface area contributed by atoms with Gasteiger partial charge in [-0.05, 0) is 31.0 Å². The summed E-state index contributed by atoms with van der Waals surface area (Å²) in [6.07, 6.45) is 2.64. The highest BCUT2D eigenvalue weighted by atomic mass is 16.1. The van der Waals surface area contributed by atoms with E-state index in [2.05, 4.69) is 24.1 Å². The second-order valence-electron chi connectivity index (χ2n) is 5.98. The number of aromatic nitrogens is 1. The topological polar surface area (TPSA) is 42.0 Å². The zero-order valence-corrected chi connectivity index (χ0v) is 12.0. The smallest absolute Gasteiger partial charge is 0.172 e. The molecule has 3 rings (SSSR count). The SMILES string of the molecule is CC(C)C1(C(=O)c2cnc3ccccc3c2)CCNC1. The molecule has 104 valence electrons. The molecule has 1 saturated heterocycles. The van der Waals surface area contributed by atoms with Crippen molar-refractivity contribution in [2.45, 2.75) is 20.3 Å². The fourth-order valence-corrected chi connectivity index (χ4v) is 3.14. The van der Waals surface area contributed by atoms with Crippen LogP contribution in [0.3, 0.4) is 0 Å². The van der Waals surface area contributed by atoms with E-state index in [9.17, 15) is 4.79 Å². The van der Waals surface area contributed by atoms with Crippen LogP contribution in [-0.2, 0) is 0 Å². The van der Waals surface area contributed by atoms with Gasteiger partial charge in [-0.25, -0.2) is 0 Å². The Kier molecular flexibility index (Phi) is 3.30. The number of nitrogens with zero attached hydrogens (tertiary/aromatic N) is 1. The fourth-order valence-electron chi connectivity index (χ4n) is 3.14. The molecule has 1 unspecified atom stereocenters. The number of fused-ring (bicyclic) bond motifs is 1. The van der Waals surface area contributed by atoms with E-state index in [-0.39, 0.29) is 11.2 Å². The van der Waals surface area contributed by atoms with Crippen molar-refractivity contribution in [2.75, 3.05) is 13.1 Å². The lowest BCUT2D eigenvalue weighted by Gasteiger charge is -2.31. The van der Waals surface area contributed by atoms with Crippen molar-refractivity contribution in [2.24, 2.45) is 11.3 Å². The average molecular weight is 268 g/mol. The van der Waals surface area contributed by atoms with Gasteiger partial charge in [-0.3, -0.25) is 9.78 Å². The quantitative estimate of drug-likeness (QED) is 0.870. The molecule has 3 nitrogen and oxygen atoms in total. The molecule has 0 spiro atoms. The zero-order chi connectivity index (χ0) is 14.2. The third-order valence-corrected chi connectivity index (χ3v) is 4.60. The number of hydrogen-bond acceptors (Lipinski definition) is 3. The van der Waals surface area contributed by atoms with Gasteiger partial charge in [0, 0.05) is 29.1 Å². The lowest BCUT2D eigenvalue weighted by Crippen LogP contribution is -2.38. The Morgan fingerprint density at radius 2 is 2.15 bits per heavy atom. The Bertz CT molecular complexity index is 642. The van der Waals surface area contributed by atoms with Crippen LogP contribution in [0.15, 0.2) is 36.5 Å². The van der Waals surface area contributed by atoms with Gasteiger partial charge >= 0.3 is 0 Å². The highest BCUT2D eigenvalue weighted by molar-refractivity contribution is 6.03. The number of ketones is 1. The van der Waals surface area contributed by atoms with Gasteiger partial charge in [-0.1, -0.05) is 32.0 Å². The fraction of sp³-hybridized carbons (Fsp3) is 0.412. The molecule has 1 N–H and O–H groups in total. The standard InChI is InChI=1S/C17H20N2O/c1-12(2)17(7-8-18-11-17)16(20)14-9-13-5-3-4-6-15(13)19-10-14/h3-6,9-10,12,18H,7-8,11H2,1-2H3. The summed E-state index contributed by atoms with van der Waals surface area (Å²) in [7, 11) is 0. The summed E-state index contributed by atoms with van der Waals surface area (Å²) in [5, 5.41) is 4.37. The molecule has 1 aromatic carbocycles. The van der Waals surface area contributed by atoms with Crippen molar-refractivity contribution in [3.05, 3.63) is 42.1 Å². The maximum absolute atomic E-state index is 13.0. The van der Waals surface area contributed by atoms with Crippen LogP contribution in [0.5, 0.6) is 0 Å². The third kappa shape index (κ3) is 2.02. The van der Waals surface area contributed by atoms with E-state index in [4.69, 9.17) is 0 Å². The summed E-state index contributed by atoms with van der Waals surface area (Å²) in [5.74, 6) is 0.562. The van der Waals surface area contributed by atoms with E-state index in [0.717, 1.165) is 36.0 Å². The number of Topliss-reactive ketones (excluding diaryl/α,β-unsaturated/α-hetero) is 1. The van der Waals surface area contributed by atoms with E-state index in [1.54, 1.807) is 6.20 Å². The van der Waals surface area contributed by atoms with E-state index in [1.165, 1.54) is 0 Å². The molecule has 0 bridgehead atoms. The maximum atomic E-state index is 13.0. The van der Waals surface area contributed by atoms with Crippen molar-refractivity contribution in [1.82, 2.24) is 10.3 Å². The minimum atomic E-state index is -0.274. The molecule has 3 heteroatoms. The van der Waals surface area contributed by atoms with Crippen molar-refractivity contribution < 1.29 is 4.79 Å². The first kappa shape index (κ1) is 13.3. The zero-order valence-electron chi connectivity index (χ0n) is 12.0. The molecule has 1 aromatic heterocycles. The number of pyridine rings is 1. The van der Waals surface area contributed by atoms with Crippen LogP contribution in [0.25, 0.3) is 10.9 Å². The van der Waals surface area contributed by atoms with Gasteiger partial charge in [0.05, 0.1) is 5.52 Å². The van der Waals surface area contributed by atoms with Crippen LogP contribution in [0.4, 0.5) is 0 Å². The molecule has 0 saturated carbocycles. The molecule has 2 heterocycles. The monoisotopic (exact) mass is 268 g/mol. The molecule has 1 aliphatic heterocycles. The first-order valence-corrected chi connectivity index (χ1v) is 7.24. The largest absolute Gasteiger partial charge is 0.316 e. The lowest BCUT2D eigenvalue weighted by atomic mass is 9.71. The number of nitrogens with one attached hydrogen (secondary N) is 1. The van der Waals surface area contributed by atoms with Gasteiger partial charge in [0.2, 0.25) is 0 Å². The van der Waals surface area contributed by atoms with E-state index in [0.29, 0.717) is 5.92 Å². The summed E-state index contributed by atoms with van der Waals surface area (Å²) in [5.41, 5.74) is 1.40. The molecule has 2 aromatic rings. The number of para-hydroxylation sites is 1. The van der Waals surface area contributed by atoms with Crippen LogP contribution in [-0.4, -0.2) is 23.9 Å². The number of hydrogen-bond donors (Lipinski definition) is 1. The summed E-state index contributed by atoms with van der Waals surface area (Å²) in [6.45, 7) is 5.97. The predicted molar refractivity (Wildman–Crippen MR) is 80.8 cm³/mol. The molecule has 1 aliphatic rings. The Balaban J connectivity index is 2.03. The van der Waals surface area contributed by atoms with E-state index >= 15 is 0 Å². The maximum Gasteiger partial charge on any atom is 0.172 e. The van der Waals surface area contributed by atoms with Gasteiger partial charge < -0.3 is 5.32 Å². The predicted octanol–water partition coefficient (Wildman–Crippen LogP) is 3.05. The van der Waals surface area contributed by atoms with Gasteiger partial charge in [0.15, 0.2) is 5.78 Å². The Morgan fingerprint density at radius 3 is 2.85 bits per heavy atom. The molecular formula is C17H20N2O. The van der Waals surface area contributed by atoms with E-state index < -0.39 is 0 Å². The number of carbonyl (C=O) groups excluding carboxylic acids is 1. The third-order valence-electron chi connectivity index (χ3n) is 4.60.